The second-order valence-electron chi connectivity index (χ2n) is 7.24. The van der Waals surface area contributed by atoms with Gasteiger partial charge in [0.25, 0.3) is 11.6 Å². The molecule has 140 valence electrons. The molecule has 1 unspecified atom stereocenters. The molecule has 0 aliphatic heterocycles. The fourth-order valence-electron chi connectivity index (χ4n) is 2.69. The third-order valence-electron chi connectivity index (χ3n) is 4.14. The van der Waals surface area contributed by atoms with Gasteiger partial charge in [0.2, 0.25) is 0 Å². The van der Waals surface area contributed by atoms with Crippen molar-refractivity contribution >= 4 is 22.9 Å². The van der Waals surface area contributed by atoms with E-state index in [1.807, 2.05) is 17.5 Å². The quantitative estimate of drug-likeness (QED) is 0.523. The lowest BCUT2D eigenvalue weighted by molar-refractivity contribution is -0.384. The first-order valence-corrected chi connectivity index (χ1v) is 9.27. The van der Waals surface area contributed by atoms with Crippen LogP contribution in [0.3, 0.4) is 0 Å². The SMILES string of the molecule is CC(C)(C)C(NC(=O)c1cnn(-c2ccc([N+](=O)[O-])cc2)c1)c1cccs1. The molecule has 1 aromatic carbocycles. The van der Waals surface area contributed by atoms with Gasteiger partial charge < -0.3 is 5.32 Å². The summed E-state index contributed by atoms with van der Waals surface area (Å²) in [6.45, 7) is 6.24. The van der Waals surface area contributed by atoms with Gasteiger partial charge in [-0.25, -0.2) is 4.68 Å². The van der Waals surface area contributed by atoms with E-state index in [4.69, 9.17) is 0 Å². The number of hydrogen-bond donors (Lipinski definition) is 1. The smallest absolute Gasteiger partial charge is 0.269 e. The number of carbonyl (C=O) groups excluding carboxylic acids is 1. The molecule has 1 N–H and O–H groups in total. The summed E-state index contributed by atoms with van der Waals surface area (Å²) in [4.78, 5) is 24.1. The Kier molecular flexibility index (Phi) is 5.09. The van der Waals surface area contributed by atoms with Crippen LogP contribution in [0.15, 0.2) is 54.2 Å². The molecule has 2 aromatic heterocycles. The van der Waals surface area contributed by atoms with Crippen molar-refractivity contribution in [2.75, 3.05) is 0 Å². The van der Waals surface area contributed by atoms with Crippen molar-refractivity contribution in [1.29, 1.82) is 0 Å². The van der Waals surface area contributed by atoms with Crippen LogP contribution < -0.4 is 5.32 Å². The van der Waals surface area contributed by atoms with Crippen LogP contribution in [0.4, 0.5) is 5.69 Å². The van der Waals surface area contributed by atoms with Crippen LogP contribution in [-0.2, 0) is 0 Å². The van der Waals surface area contributed by atoms with Gasteiger partial charge in [-0.05, 0) is 29.0 Å². The number of rotatable bonds is 5. The fourth-order valence-corrected chi connectivity index (χ4v) is 3.71. The van der Waals surface area contributed by atoms with Crippen molar-refractivity contribution < 1.29 is 9.72 Å². The molecule has 0 saturated heterocycles. The van der Waals surface area contributed by atoms with Crippen LogP contribution in [0.25, 0.3) is 5.69 Å². The number of aromatic nitrogens is 2. The Morgan fingerprint density at radius 1 is 1.26 bits per heavy atom. The van der Waals surface area contributed by atoms with Crippen LogP contribution in [0.2, 0.25) is 0 Å². The number of nitrogens with one attached hydrogen (secondary N) is 1. The van der Waals surface area contributed by atoms with Gasteiger partial charge in [0.15, 0.2) is 0 Å². The molecule has 3 aromatic rings. The number of nitrogens with zero attached hydrogens (tertiary/aromatic N) is 3. The summed E-state index contributed by atoms with van der Waals surface area (Å²) in [7, 11) is 0. The van der Waals surface area contributed by atoms with Crippen molar-refractivity contribution in [1.82, 2.24) is 15.1 Å². The van der Waals surface area contributed by atoms with E-state index in [9.17, 15) is 14.9 Å². The topological polar surface area (TPSA) is 90.1 Å². The Morgan fingerprint density at radius 2 is 1.96 bits per heavy atom. The minimum atomic E-state index is -0.455. The molecule has 1 amide bonds. The molecule has 1 atom stereocenters. The van der Waals surface area contributed by atoms with E-state index < -0.39 is 4.92 Å². The first-order chi connectivity index (χ1) is 12.8. The maximum atomic E-state index is 12.7. The second-order valence-corrected chi connectivity index (χ2v) is 8.21. The Morgan fingerprint density at radius 3 is 2.52 bits per heavy atom. The molecule has 0 bridgehead atoms. The molecular weight excluding hydrogens is 364 g/mol. The van der Waals surface area contributed by atoms with Gasteiger partial charge in [-0.1, -0.05) is 26.8 Å². The Hall–Kier alpha value is -3.00. The van der Waals surface area contributed by atoms with Crippen molar-refractivity contribution in [3.63, 3.8) is 0 Å². The summed E-state index contributed by atoms with van der Waals surface area (Å²) in [5, 5.41) is 20.0. The minimum absolute atomic E-state index is 0.00726. The zero-order chi connectivity index (χ0) is 19.6. The predicted molar refractivity (Wildman–Crippen MR) is 104 cm³/mol. The number of carbonyl (C=O) groups is 1. The van der Waals surface area contributed by atoms with Gasteiger partial charge >= 0.3 is 0 Å². The van der Waals surface area contributed by atoms with E-state index in [1.54, 1.807) is 29.7 Å². The lowest BCUT2D eigenvalue weighted by Crippen LogP contribution is -2.36. The van der Waals surface area contributed by atoms with Crippen molar-refractivity contribution in [2.45, 2.75) is 26.8 Å². The van der Waals surface area contributed by atoms with Gasteiger partial charge in [0, 0.05) is 23.2 Å². The maximum Gasteiger partial charge on any atom is 0.269 e. The van der Waals surface area contributed by atoms with Gasteiger partial charge in [-0.3, -0.25) is 14.9 Å². The molecule has 27 heavy (non-hydrogen) atoms. The molecule has 2 heterocycles. The van der Waals surface area contributed by atoms with E-state index in [0.29, 0.717) is 11.3 Å². The predicted octanol–water partition coefficient (Wildman–Crippen LogP) is 4.36. The van der Waals surface area contributed by atoms with E-state index in [0.717, 1.165) is 4.88 Å². The third kappa shape index (κ3) is 4.22. The molecule has 0 fully saturated rings. The van der Waals surface area contributed by atoms with E-state index in [-0.39, 0.29) is 23.1 Å². The second kappa shape index (κ2) is 7.32. The van der Waals surface area contributed by atoms with Crippen molar-refractivity contribution in [2.24, 2.45) is 5.41 Å². The lowest BCUT2D eigenvalue weighted by atomic mass is 9.85. The first-order valence-electron chi connectivity index (χ1n) is 8.39. The molecule has 8 heteroatoms. The normalized spacial score (nSPS) is 12.6. The number of nitro benzene ring substituents is 1. The van der Waals surface area contributed by atoms with Gasteiger partial charge in [0.1, 0.15) is 0 Å². The maximum absolute atomic E-state index is 12.7. The van der Waals surface area contributed by atoms with Crippen LogP contribution in [0.1, 0.15) is 42.0 Å². The lowest BCUT2D eigenvalue weighted by Gasteiger charge is -2.30. The largest absolute Gasteiger partial charge is 0.344 e. The summed E-state index contributed by atoms with van der Waals surface area (Å²) in [5.41, 5.74) is 0.937. The van der Waals surface area contributed by atoms with Gasteiger partial charge in [-0.15, -0.1) is 11.3 Å². The molecule has 7 nitrogen and oxygen atoms in total. The number of non-ortho nitro benzene ring substituents is 1. The zero-order valence-electron chi connectivity index (χ0n) is 15.2. The average Bonchev–Trinajstić information content (AvgIpc) is 3.30. The Labute approximate surface area is 160 Å². The summed E-state index contributed by atoms with van der Waals surface area (Å²) in [5.74, 6) is -0.212. The summed E-state index contributed by atoms with van der Waals surface area (Å²) in [6, 6.07) is 9.87. The van der Waals surface area contributed by atoms with Crippen molar-refractivity contribution in [3.8, 4) is 5.69 Å². The highest BCUT2D eigenvalue weighted by atomic mass is 32.1. The summed E-state index contributed by atoms with van der Waals surface area (Å²) < 4.78 is 1.52. The molecule has 0 aliphatic rings. The third-order valence-corrected chi connectivity index (χ3v) is 5.08. The number of hydrogen-bond acceptors (Lipinski definition) is 5. The summed E-state index contributed by atoms with van der Waals surface area (Å²) in [6.07, 6.45) is 3.11. The number of thiophene rings is 1. The monoisotopic (exact) mass is 384 g/mol. The van der Waals surface area contributed by atoms with E-state index in [1.165, 1.54) is 23.0 Å². The molecule has 3 rings (SSSR count). The van der Waals surface area contributed by atoms with E-state index >= 15 is 0 Å². The highest BCUT2D eigenvalue weighted by Gasteiger charge is 2.29. The average molecular weight is 384 g/mol. The molecular formula is C19H20N4O3S. The zero-order valence-corrected chi connectivity index (χ0v) is 16.1. The summed E-state index contributed by atoms with van der Waals surface area (Å²) >= 11 is 1.61. The van der Waals surface area contributed by atoms with Crippen LogP contribution in [0, 0.1) is 15.5 Å². The number of nitro groups is 1. The highest BCUT2D eigenvalue weighted by molar-refractivity contribution is 7.10. The number of amides is 1. The fraction of sp³-hybridized carbons (Fsp3) is 0.263. The van der Waals surface area contributed by atoms with E-state index in [2.05, 4.69) is 31.2 Å². The molecule has 0 saturated carbocycles. The standard InChI is InChI=1S/C19H20N4O3S/c1-19(2,3)17(16-5-4-10-27-16)21-18(24)13-11-20-22(12-13)14-6-8-15(9-7-14)23(25)26/h4-12,17H,1-3H3,(H,21,24). The van der Waals surface area contributed by atoms with Gasteiger partial charge in [-0.2, -0.15) is 5.10 Å². The minimum Gasteiger partial charge on any atom is -0.344 e. The van der Waals surface area contributed by atoms with Crippen molar-refractivity contribution in [3.05, 3.63) is 74.7 Å². The van der Waals surface area contributed by atoms with Crippen LogP contribution in [0.5, 0.6) is 0 Å². The molecule has 0 spiro atoms. The Balaban J connectivity index is 1.79. The van der Waals surface area contributed by atoms with Crippen LogP contribution in [-0.4, -0.2) is 20.6 Å². The first kappa shape index (κ1) is 18.8. The van der Waals surface area contributed by atoms with Crippen LogP contribution >= 0.6 is 11.3 Å². The number of benzene rings is 1. The highest BCUT2D eigenvalue weighted by Crippen LogP contribution is 2.35. The van der Waals surface area contributed by atoms with Gasteiger partial charge in [0.05, 0.1) is 28.4 Å². The molecule has 0 aliphatic carbocycles. The molecule has 0 radical (unpaired) electrons. The Bertz CT molecular complexity index is 940.